The van der Waals surface area contributed by atoms with Gasteiger partial charge in [0.15, 0.2) is 5.65 Å². The Morgan fingerprint density at radius 2 is 1.56 bits per heavy atom. The second kappa shape index (κ2) is 6.60. The Morgan fingerprint density at radius 3 is 2.22 bits per heavy atom. The molecule has 6 nitrogen and oxygen atoms in total. The van der Waals surface area contributed by atoms with Gasteiger partial charge in [-0.1, -0.05) is 0 Å². The number of aromatic nitrogens is 4. The van der Waals surface area contributed by atoms with Gasteiger partial charge < -0.3 is 10.1 Å². The number of hydrogen-bond acceptors (Lipinski definition) is 5. The Balaban J connectivity index is 1.47. The van der Waals surface area contributed by atoms with Gasteiger partial charge in [0.25, 0.3) is 0 Å². The number of hydrogen-bond donors (Lipinski definition) is 2. The number of ether oxygens (including phenoxy) is 1. The second-order valence-electron chi connectivity index (χ2n) is 5.63. The van der Waals surface area contributed by atoms with Gasteiger partial charge in [-0.2, -0.15) is 18.3 Å². The van der Waals surface area contributed by atoms with Crippen LogP contribution in [0.5, 0.6) is 11.5 Å². The number of alkyl halides is 3. The minimum Gasteiger partial charge on any atom is -0.457 e. The summed E-state index contributed by atoms with van der Waals surface area (Å²) in [6.45, 7) is 0. The maximum absolute atomic E-state index is 12.6. The van der Waals surface area contributed by atoms with E-state index in [0.717, 1.165) is 23.2 Å². The molecule has 0 saturated carbocycles. The molecule has 4 rings (SSSR count). The second-order valence-corrected chi connectivity index (χ2v) is 5.63. The van der Waals surface area contributed by atoms with Crippen LogP contribution in [0.25, 0.3) is 11.0 Å². The van der Waals surface area contributed by atoms with Crippen molar-refractivity contribution in [3.8, 4) is 11.5 Å². The minimum atomic E-state index is -4.37. The first-order chi connectivity index (χ1) is 13.0. The molecule has 0 fully saturated rings. The summed E-state index contributed by atoms with van der Waals surface area (Å²) in [5, 5.41) is 10.6. The summed E-state index contributed by atoms with van der Waals surface area (Å²) in [7, 11) is 0. The van der Waals surface area contributed by atoms with Crippen LogP contribution in [0, 0.1) is 0 Å². The Morgan fingerprint density at radius 1 is 0.889 bits per heavy atom. The number of rotatable bonds is 4. The van der Waals surface area contributed by atoms with Crippen LogP contribution in [-0.2, 0) is 6.18 Å². The zero-order valence-corrected chi connectivity index (χ0v) is 13.7. The summed E-state index contributed by atoms with van der Waals surface area (Å²) in [4.78, 5) is 8.25. The van der Waals surface area contributed by atoms with E-state index in [2.05, 4.69) is 25.5 Å². The topological polar surface area (TPSA) is 75.7 Å². The molecule has 2 aromatic heterocycles. The van der Waals surface area contributed by atoms with Gasteiger partial charge in [-0.15, -0.1) is 0 Å². The average Bonchev–Trinajstić information content (AvgIpc) is 3.13. The van der Waals surface area contributed by atoms with E-state index in [1.54, 1.807) is 30.5 Å². The van der Waals surface area contributed by atoms with Gasteiger partial charge in [-0.3, -0.25) is 5.10 Å². The first kappa shape index (κ1) is 16.8. The van der Waals surface area contributed by atoms with Crippen LogP contribution in [0.4, 0.5) is 24.7 Å². The van der Waals surface area contributed by atoms with Crippen LogP contribution in [0.1, 0.15) is 5.56 Å². The molecule has 0 spiro atoms. The van der Waals surface area contributed by atoms with Crippen LogP contribution in [0.2, 0.25) is 0 Å². The van der Waals surface area contributed by atoms with Crippen molar-refractivity contribution in [3.63, 3.8) is 0 Å². The number of nitrogens with one attached hydrogen (secondary N) is 2. The molecule has 0 saturated heterocycles. The quantitative estimate of drug-likeness (QED) is 0.533. The first-order valence-corrected chi connectivity index (χ1v) is 7.85. The number of benzene rings is 2. The van der Waals surface area contributed by atoms with Crippen LogP contribution >= 0.6 is 0 Å². The SMILES string of the molecule is FC(F)(F)c1ccc(Oc2ccc(Nc3ncnc4[nH]ncc34)cc2)cc1. The van der Waals surface area contributed by atoms with Gasteiger partial charge >= 0.3 is 6.18 Å². The minimum absolute atomic E-state index is 0.319. The molecule has 0 atom stereocenters. The van der Waals surface area contributed by atoms with E-state index in [0.29, 0.717) is 23.0 Å². The van der Waals surface area contributed by atoms with Crippen molar-refractivity contribution in [2.24, 2.45) is 0 Å². The molecule has 4 aromatic rings. The lowest BCUT2D eigenvalue weighted by Gasteiger charge is -2.10. The predicted octanol–water partition coefficient (Wildman–Crippen LogP) is 4.91. The molecule has 0 aliphatic carbocycles. The molecule has 0 bridgehead atoms. The highest BCUT2D eigenvalue weighted by atomic mass is 19.4. The van der Waals surface area contributed by atoms with Crippen molar-refractivity contribution in [2.45, 2.75) is 6.18 Å². The van der Waals surface area contributed by atoms with Crippen molar-refractivity contribution < 1.29 is 17.9 Å². The molecule has 0 radical (unpaired) electrons. The Hall–Kier alpha value is -3.62. The molecule has 27 heavy (non-hydrogen) atoms. The van der Waals surface area contributed by atoms with Crippen molar-refractivity contribution in [3.05, 3.63) is 66.6 Å². The van der Waals surface area contributed by atoms with E-state index >= 15 is 0 Å². The third-order valence-corrected chi connectivity index (χ3v) is 3.78. The fourth-order valence-electron chi connectivity index (χ4n) is 2.46. The zero-order valence-electron chi connectivity index (χ0n) is 13.7. The number of halogens is 3. The lowest BCUT2D eigenvalue weighted by Crippen LogP contribution is -2.03. The Bertz CT molecular complexity index is 1060. The van der Waals surface area contributed by atoms with E-state index in [9.17, 15) is 13.2 Å². The molecular formula is C18H12F3N5O. The largest absolute Gasteiger partial charge is 0.457 e. The predicted molar refractivity (Wildman–Crippen MR) is 92.9 cm³/mol. The van der Waals surface area contributed by atoms with Gasteiger partial charge in [-0.25, -0.2) is 9.97 Å². The molecule has 136 valence electrons. The summed E-state index contributed by atoms with van der Waals surface area (Å²) in [5.41, 5.74) is 0.663. The van der Waals surface area contributed by atoms with Crippen LogP contribution in [0.3, 0.4) is 0 Å². The molecule has 0 aliphatic rings. The van der Waals surface area contributed by atoms with Crippen molar-refractivity contribution in [2.75, 3.05) is 5.32 Å². The summed E-state index contributed by atoms with van der Waals surface area (Å²) in [6.07, 6.45) is -1.32. The number of anilines is 2. The fraction of sp³-hybridized carbons (Fsp3) is 0.0556. The molecule has 0 amide bonds. The van der Waals surface area contributed by atoms with Crippen molar-refractivity contribution >= 4 is 22.5 Å². The summed E-state index contributed by atoms with van der Waals surface area (Å²) < 4.78 is 43.3. The molecule has 2 N–H and O–H groups in total. The van der Waals surface area contributed by atoms with Gasteiger partial charge in [0.2, 0.25) is 0 Å². The van der Waals surface area contributed by atoms with Crippen molar-refractivity contribution in [1.82, 2.24) is 20.2 Å². The summed E-state index contributed by atoms with van der Waals surface area (Å²) in [5.74, 6) is 1.42. The van der Waals surface area contributed by atoms with Gasteiger partial charge in [-0.05, 0) is 48.5 Å². The number of H-pyrrole nitrogens is 1. The average molecular weight is 371 g/mol. The smallest absolute Gasteiger partial charge is 0.416 e. The van der Waals surface area contributed by atoms with Gasteiger partial charge in [0, 0.05) is 5.69 Å². The van der Waals surface area contributed by atoms with Gasteiger partial charge in [0.1, 0.15) is 23.6 Å². The van der Waals surface area contributed by atoms with Crippen LogP contribution in [-0.4, -0.2) is 20.2 Å². The van der Waals surface area contributed by atoms with Crippen LogP contribution in [0.15, 0.2) is 61.1 Å². The lowest BCUT2D eigenvalue weighted by molar-refractivity contribution is -0.137. The first-order valence-electron chi connectivity index (χ1n) is 7.85. The number of nitrogens with zero attached hydrogens (tertiary/aromatic N) is 3. The normalized spacial score (nSPS) is 11.5. The van der Waals surface area contributed by atoms with E-state index in [-0.39, 0.29) is 0 Å². The highest BCUT2D eigenvalue weighted by molar-refractivity contribution is 5.87. The zero-order chi connectivity index (χ0) is 18.9. The maximum atomic E-state index is 12.6. The standard InChI is InChI=1S/C18H12F3N5O/c19-18(20,21)11-1-5-13(6-2-11)27-14-7-3-12(4-8-14)25-16-15-9-24-26-17(15)23-10-22-16/h1-10H,(H2,22,23,24,25,26). The molecule has 2 heterocycles. The fourth-order valence-corrected chi connectivity index (χ4v) is 2.46. The molecule has 0 aliphatic heterocycles. The Labute approximate surface area is 151 Å². The van der Waals surface area contributed by atoms with E-state index < -0.39 is 11.7 Å². The maximum Gasteiger partial charge on any atom is 0.416 e. The highest BCUT2D eigenvalue weighted by Crippen LogP contribution is 2.31. The molecule has 2 aromatic carbocycles. The van der Waals surface area contributed by atoms with E-state index in [4.69, 9.17) is 4.74 Å². The monoisotopic (exact) mass is 371 g/mol. The molecule has 9 heteroatoms. The van der Waals surface area contributed by atoms with Gasteiger partial charge in [0.05, 0.1) is 17.1 Å². The lowest BCUT2D eigenvalue weighted by atomic mass is 10.2. The summed E-state index contributed by atoms with van der Waals surface area (Å²) in [6, 6.07) is 11.5. The highest BCUT2D eigenvalue weighted by Gasteiger charge is 2.30. The van der Waals surface area contributed by atoms with Crippen LogP contribution < -0.4 is 10.1 Å². The number of fused-ring (bicyclic) bond motifs is 1. The van der Waals surface area contributed by atoms with E-state index in [1.807, 2.05) is 0 Å². The molecular weight excluding hydrogens is 359 g/mol. The van der Waals surface area contributed by atoms with E-state index in [1.165, 1.54) is 18.5 Å². The molecule has 0 unspecified atom stereocenters. The van der Waals surface area contributed by atoms with Crippen molar-refractivity contribution in [1.29, 1.82) is 0 Å². The third-order valence-electron chi connectivity index (χ3n) is 3.78. The third kappa shape index (κ3) is 3.66. The Kier molecular flexibility index (Phi) is 4.11. The summed E-state index contributed by atoms with van der Waals surface area (Å²) >= 11 is 0. The number of aromatic amines is 1.